The topological polar surface area (TPSA) is 92.3 Å². The average molecular weight is 431 g/mol. The fourth-order valence-electron chi connectivity index (χ4n) is 4.12. The van der Waals surface area contributed by atoms with Crippen LogP contribution in [0.15, 0.2) is 40.7 Å². The Labute approximate surface area is 182 Å². The minimum Gasteiger partial charge on any atom is -0.493 e. The maximum absolute atomic E-state index is 13.2. The molecule has 0 aromatic heterocycles. The maximum atomic E-state index is 13.2. The highest BCUT2D eigenvalue weighted by Gasteiger charge is 2.40. The Balaban J connectivity index is 2.08. The third-order valence-electron chi connectivity index (χ3n) is 5.55. The molecule has 2 aliphatic heterocycles. The molecule has 2 heterocycles. The zero-order chi connectivity index (χ0) is 22.5. The molecule has 0 radical (unpaired) electrons. The lowest BCUT2D eigenvalue weighted by Gasteiger charge is -2.31. The second-order valence-corrected chi connectivity index (χ2v) is 7.44. The van der Waals surface area contributed by atoms with E-state index in [1.54, 1.807) is 32.0 Å². The Morgan fingerprint density at radius 2 is 1.77 bits per heavy atom. The maximum Gasteiger partial charge on any atom is 0.336 e. The highest BCUT2D eigenvalue weighted by molar-refractivity contribution is 6.00. The van der Waals surface area contributed by atoms with Crippen molar-refractivity contribution in [2.75, 3.05) is 34.5 Å². The SMILES string of the molecule is COC(=O)C1=C(C)NC(C)=C(C(=O)OCC2CCCO2)C1c1cccc(OC)c1OC. The van der Waals surface area contributed by atoms with Crippen LogP contribution in [-0.4, -0.2) is 52.6 Å². The first-order valence-electron chi connectivity index (χ1n) is 10.2. The second kappa shape index (κ2) is 9.87. The summed E-state index contributed by atoms with van der Waals surface area (Å²) in [4.78, 5) is 26.0. The molecule has 1 fully saturated rings. The van der Waals surface area contributed by atoms with Gasteiger partial charge in [-0.1, -0.05) is 12.1 Å². The van der Waals surface area contributed by atoms with Crippen molar-refractivity contribution in [1.82, 2.24) is 5.32 Å². The van der Waals surface area contributed by atoms with Crippen LogP contribution in [0.3, 0.4) is 0 Å². The number of hydrogen-bond donors (Lipinski definition) is 1. The van der Waals surface area contributed by atoms with E-state index in [1.165, 1.54) is 21.3 Å². The first kappa shape index (κ1) is 22.7. The van der Waals surface area contributed by atoms with Crippen LogP contribution in [0.5, 0.6) is 11.5 Å². The summed E-state index contributed by atoms with van der Waals surface area (Å²) in [6, 6.07) is 5.34. The van der Waals surface area contributed by atoms with Gasteiger partial charge in [0.15, 0.2) is 11.5 Å². The van der Waals surface area contributed by atoms with Crippen molar-refractivity contribution in [3.05, 3.63) is 46.3 Å². The monoisotopic (exact) mass is 431 g/mol. The van der Waals surface area contributed by atoms with Gasteiger partial charge in [-0.2, -0.15) is 0 Å². The van der Waals surface area contributed by atoms with Crippen LogP contribution in [0, 0.1) is 0 Å². The summed E-state index contributed by atoms with van der Waals surface area (Å²) >= 11 is 0. The van der Waals surface area contributed by atoms with E-state index in [1.807, 2.05) is 0 Å². The third kappa shape index (κ3) is 4.54. The molecular formula is C23H29NO7. The molecule has 0 aliphatic carbocycles. The number of ether oxygens (including phenoxy) is 5. The van der Waals surface area contributed by atoms with Crippen LogP contribution in [-0.2, 0) is 23.8 Å². The van der Waals surface area contributed by atoms with E-state index in [-0.39, 0.29) is 12.7 Å². The number of esters is 2. The molecule has 1 aromatic rings. The van der Waals surface area contributed by atoms with E-state index in [9.17, 15) is 9.59 Å². The van der Waals surface area contributed by atoms with E-state index >= 15 is 0 Å². The summed E-state index contributed by atoms with van der Waals surface area (Å²) in [7, 11) is 4.36. The molecule has 1 saturated heterocycles. The number of benzene rings is 1. The smallest absolute Gasteiger partial charge is 0.336 e. The lowest BCUT2D eigenvalue weighted by Crippen LogP contribution is -2.33. The van der Waals surface area contributed by atoms with Crippen molar-refractivity contribution in [3.8, 4) is 11.5 Å². The number of hydrogen-bond acceptors (Lipinski definition) is 8. The quantitative estimate of drug-likeness (QED) is 0.659. The van der Waals surface area contributed by atoms with Crippen LogP contribution in [0.1, 0.15) is 38.2 Å². The molecule has 0 amide bonds. The van der Waals surface area contributed by atoms with Gasteiger partial charge in [0.05, 0.1) is 44.5 Å². The highest BCUT2D eigenvalue weighted by Crippen LogP contribution is 2.45. The molecule has 2 aliphatic rings. The van der Waals surface area contributed by atoms with Gasteiger partial charge < -0.3 is 29.0 Å². The number of allylic oxidation sites excluding steroid dienone is 2. The van der Waals surface area contributed by atoms with Gasteiger partial charge >= 0.3 is 11.9 Å². The fourth-order valence-corrected chi connectivity index (χ4v) is 4.12. The van der Waals surface area contributed by atoms with Crippen molar-refractivity contribution >= 4 is 11.9 Å². The molecule has 3 rings (SSSR count). The summed E-state index contributed by atoms with van der Waals surface area (Å²) in [6.45, 7) is 4.38. The van der Waals surface area contributed by atoms with Gasteiger partial charge in [0.25, 0.3) is 0 Å². The van der Waals surface area contributed by atoms with Gasteiger partial charge in [-0.05, 0) is 32.8 Å². The Morgan fingerprint density at radius 3 is 2.35 bits per heavy atom. The molecule has 168 valence electrons. The molecule has 1 N–H and O–H groups in total. The molecule has 0 spiro atoms. The van der Waals surface area contributed by atoms with Crippen molar-refractivity contribution in [3.63, 3.8) is 0 Å². The molecule has 1 aromatic carbocycles. The molecule has 31 heavy (non-hydrogen) atoms. The molecule has 2 atom stereocenters. The number of carbonyl (C=O) groups excluding carboxylic acids is 2. The standard InChI is InChI=1S/C23H29NO7/c1-13-18(22(25)29-5)20(16-9-6-10-17(27-3)21(16)28-4)19(14(2)24-13)23(26)31-12-15-8-7-11-30-15/h6,9-10,15,20,24H,7-8,11-12H2,1-5H3. The van der Waals surface area contributed by atoms with Crippen LogP contribution in [0.4, 0.5) is 0 Å². The van der Waals surface area contributed by atoms with E-state index in [0.717, 1.165) is 12.8 Å². The molecule has 0 saturated carbocycles. The van der Waals surface area contributed by atoms with Gasteiger partial charge in [0.2, 0.25) is 0 Å². The van der Waals surface area contributed by atoms with E-state index in [0.29, 0.717) is 46.2 Å². The van der Waals surface area contributed by atoms with Gasteiger partial charge in [-0.25, -0.2) is 9.59 Å². The first-order valence-corrected chi connectivity index (χ1v) is 10.2. The van der Waals surface area contributed by atoms with Crippen molar-refractivity contribution < 1.29 is 33.3 Å². The number of dihydropyridines is 1. The molecule has 8 heteroatoms. The normalized spacial score (nSPS) is 20.9. The summed E-state index contributed by atoms with van der Waals surface area (Å²) in [5.41, 5.74) is 2.41. The minimum atomic E-state index is -0.754. The lowest BCUT2D eigenvalue weighted by atomic mass is 9.80. The molecule has 0 bridgehead atoms. The third-order valence-corrected chi connectivity index (χ3v) is 5.55. The zero-order valence-corrected chi connectivity index (χ0v) is 18.6. The van der Waals surface area contributed by atoms with Crippen LogP contribution >= 0.6 is 0 Å². The lowest BCUT2D eigenvalue weighted by molar-refractivity contribution is -0.142. The summed E-state index contributed by atoms with van der Waals surface area (Å²) in [5, 5.41) is 3.12. The molecular weight excluding hydrogens is 402 g/mol. The van der Waals surface area contributed by atoms with Crippen molar-refractivity contribution in [1.29, 1.82) is 0 Å². The molecule has 8 nitrogen and oxygen atoms in total. The number of carbonyl (C=O) groups is 2. The van der Waals surface area contributed by atoms with Crippen LogP contribution in [0.25, 0.3) is 0 Å². The number of rotatable bonds is 7. The van der Waals surface area contributed by atoms with Crippen LogP contribution in [0.2, 0.25) is 0 Å². The van der Waals surface area contributed by atoms with Crippen molar-refractivity contribution in [2.24, 2.45) is 0 Å². The van der Waals surface area contributed by atoms with E-state index in [2.05, 4.69) is 5.32 Å². The number of para-hydroxylation sites is 1. The molecule has 2 unspecified atom stereocenters. The Kier molecular flexibility index (Phi) is 7.22. The predicted molar refractivity (Wildman–Crippen MR) is 113 cm³/mol. The largest absolute Gasteiger partial charge is 0.493 e. The van der Waals surface area contributed by atoms with Gasteiger partial charge in [-0.15, -0.1) is 0 Å². The van der Waals surface area contributed by atoms with Crippen LogP contribution < -0.4 is 14.8 Å². The van der Waals surface area contributed by atoms with Gasteiger partial charge in [0.1, 0.15) is 6.61 Å². The predicted octanol–water partition coefficient (Wildman–Crippen LogP) is 2.83. The van der Waals surface area contributed by atoms with Gasteiger partial charge in [0, 0.05) is 23.6 Å². The van der Waals surface area contributed by atoms with Crippen molar-refractivity contribution in [2.45, 2.75) is 38.7 Å². The number of nitrogens with one attached hydrogen (secondary N) is 1. The second-order valence-electron chi connectivity index (χ2n) is 7.44. The first-order chi connectivity index (χ1) is 14.9. The van der Waals surface area contributed by atoms with E-state index < -0.39 is 17.9 Å². The van der Waals surface area contributed by atoms with E-state index in [4.69, 9.17) is 23.7 Å². The Hall–Kier alpha value is -3.00. The Bertz CT molecular complexity index is 913. The fraction of sp³-hybridized carbons (Fsp3) is 0.478. The zero-order valence-electron chi connectivity index (χ0n) is 18.6. The summed E-state index contributed by atoms with van der Waals surface area (Å²) in [6.07, 6.45) is 1.69. The average Bonchev–Trinajstić information content (AvgIpc) is 3.29. The Morgan fingerprint density at radius 1 is 1.06 bits per heavy atom. The highest BCUT2D eigenvalue weighted by atomic mass is 16.6. The summed E-state index contributed by atoms with van der Waals surface area (Å²) < 4.78 is 27.2. The number of methoxy groups -OCH3 is 3. The van der Waals surface area contributed by atoms with Gasteiger partial charge in [-0.3, -0.25) is 0 Å². The minimum absolute atomic E-state index is 0.108. The summed E-state index contributed by atoms with van der Waals surface area (Å²) in [5.74, 6) is -0.898.